The minimum atomic E-state index is -4.55. The Hall–Kier alpha value is -3.60. The number of amides is 2. The molecule has 0 aliphatic carbocycles. The maximum Gasteiger partial charge on any atom is 0.416 e. The smallest absolute Gasteiger partial charge is 0.416 e. The van der Waals surface area contributed by atoms with Gasteiger partial charge in [0.2, 0.25) is 5.91 Å². The molecule has 0 unspecified atom stereocenters. The molecule has 0 aliphatic heterocycles. The summed E-state index contributed by atoms with van der Waals surface area (Å²) in [4.78, 5) is 24.5. The highest BCUT2D eigenvalue weighted by molar-refractivity contribution is 7.99. The Balaban J connectivity index is 1.56. The zero-order chi connectivity index (χ0) is 24.0. The molecule has 1 heterocycles. The molecule has 0 saturated heterocycles. The molecule has 3 rings (SSSR count). The van der Waals surface area contributed by atoms with Crippen molar-refractivity contribution in [2.45, 2.75) is 18.1 Å². The Kier molecular flexibility index (Phi) is 7.54. The molecule has 0 spiro atoms. The van der Waals surface area contributed by atoms with Gasteiger partial charge in [-0.15, -0.1) is 10.2 Å². The van der Waals surface area contributed by atoms with E-state index in [4.69, 9.17) is 4.74 Å². The summed E-state index contributed by atoms with van der Waals surface area (Å²) >= 11 is 1.04. The van der Waals surface area contributed by atoms with Gasteiger partial charge in [0.15, 0.2) is 5.82 Å². The van der Waals surface area contributed by atoms with Crippen LogP contribution in [0.15, 0.2) is 59.6 Å². The average Bonchev–Trinajstić information content (AvgIpc) is 2.78. The van der Waals surface area contributed by atoms with Gasteiger partial charge in [-0.2, -0.15) is 13.2 Å². The molecular formula is C22H19F3N4O3S. The summed E-state index contributed by atoms with van der Waals surface area (Å²) in [6.07, 6.45) is -4.55. The van der Waals surface area contributed by atoms with Gasteiger partial charge in [0.1, 0.15) is 10.8 Å². The first-order valence-electron chi connectivity index (χ1n) is 9.55. The molecule has 0 aliphatic rings. The number of hydrogen-bond donors (Lipinski definition) is 2. The standard InChI is InChI=1S/C22H19F3N4O3S/c1-13-3-5-14(6-4-13)21(31)27-18-9-10-20(29-28-18)33-12-19(30)26-16-11-15(22(23,24)25)7-8-17(16)32-2/h3-11H,12H2,1-2H3,(H,26,30)(H,27,28,31). The third-order valence-electron chi connectivity index (χ3n) is 4.35. The Bertz CT molecular complexity index is 1140. The molecule has 0 radical (unpaired) electrons. The van der Waals surface area contributed by atoms with Crippen molar-refractivity contribution >= 4 is 35.1 Å². The van der Waals surface area contributed by atoms with Crippen LogP contribution < -0.4 is 15.4 Å². The summed E-state index contributed by atoms with van der Waals surface area (Å²) in [5.74, 6) is -0.656. The lowest BCUT2D eigenvalue weighted by atomic mass is 10.1. The maximum absolute atomic E-state index is 12.9. The van der Waals surface area contributed by atoms with Crippen LogP contribution in [0.5, 0.6) is 5.75 Å². The normalized spacial score (nSPS) is 11.1. The molecule has 33 heavy (non-hydrogen) atoms. The number of methoxy groups -OCH3 is 1. The Morgan fingerprint density at radius 1 is 1.00 bits per heavy atom. The second kappa shape index (κ2) is 10.3. The van der Waals surface area contributed by atoms with E-state index in [1.165, 1.54) is 13.2 Å². The Labute approximate surface area is 191 Å². The quantitative estimate of drug-likeness (QED) is 0.476. The number of aromatic nitrogens is 2. The predicted octanol–water partition coefficient (Wildman–Crippen LogP) is 4.80. The van der Waals surface area contributed by atoms with Crippen LogP contribution in [0.1, 0.15) is 21.5 Å². The molecule has 3 aromatic rings. The molecule has 172 valence electrons. The van der Waals surface area contributed by atoms with Gasteiger partial charge < -0.3 is 15.4 Å². The van der Waals surface area contributed by atoms with Crippen LogP contribution in [0.4, 0.5) is 24.7 Å². The van der Waals surface area contributed by atoms with Gasteiger partial charge in [-0.3, -0.25) is 9.59 Å². The van der Waals surface area contributed by atoms with E-state index < -0.39 is 17.6 Å². The van der Waals surface area contributed by atoms with Crippen LogP contribution in [0.2, 0.25) is 0 Å². The third-order valence-corrected chi connectivity index (χ3v) is 5.27. The highest BCUT2D eigenvalue weighted by Crippen LogP contribution is 2.35. The highest BCUT2D eigenvalue weighted by Gasteiger charge is 2.31. The summed E-state index contributed by atoms with van der Waals surface area (Å²) < 4.78 is 43.8. The second-order valence-corrected chi connectivity index (χ2v) is 7.82. The number of rotatable bonds is 7. The number of benzene rings is 2. The summed E-state index contributed by atoms with van der Waals surface area (Å²) in [5.41, 5.74) is 0.518. The number of ether oxygens (including phenoxy) is 1. The number of nitrogens with one attached hydrogen (secondary N) is 2. The molecule has 2 aromatic carbocycles. The fourth-order valence-corrected chi connectivity index (χ4v) is 3.28. The molecule has 2 N–H and O–H groups in total. The van der Waals surface area contributed by atoms with Gasteiger partial charge in [-0.1, -0.05) is 29.5 Å². The van der Waals surface area contributed by atoms with Gasteiger partial charge in [-0.05, 0) is 49.4 Å². The van der Waals surface area contributed by atoms with Gasteiger partial charge in [0, 0.05) is 5.56 Å². The monoisotopic (exact) mass is 476 g/mol. The van der Waals surface area contributed by atoms with E-state index in [0.29, 0.717) is 10.6 Å². The Morgan fingerprint density at radius 3 is 2.33 bits per heavy atom. The first kappa shape index (κ1) is 24.1. The second-order valence-electron chi connectivity index (χ2n) is 6.83. The number of aryl methyl sites for hydroxylation is 1. The van der Waals surface area contributed by atoms with E-state index in [1.807, 2.05) is 19.1 Å². The van der Waals surface area contributed by atoms with Gasteiger partial charge in [0.05, 0.1) is 24.1 Å². The van der Waals surface area contributed by atoms with Crippen molar-refractivity contribution in [3.63, 3.8) is 0 Å². The van der Waals surface area contributed by atoms with E-state index in [-0.39, 0.29) is 28.9 Å². The lowest BCUT2D eigenvalue weighted by molar-refractivity contribution is -0.137. The van der Waals surface area contributed by atoms with Crippen LogP contribution in [-0.2, 0) is 11.0 Å². The lowest BCUT2D eigenvalue weighted by Crippen LogP contribution is -2.16. The van der Waals surface area contributed by atoms with Crippen LogP contribution in [0, 0.1) is 6.92 Å². The fraction of sp³-hybridized carbons (Fsp3) is 0.182. The van der Waals surface area contributed by atoms with Gasteiger partial charge in [-0.25, -0.2) is 0 Å². The summed E-state index contributed by atoms with van der Waals surface area (Å²) in [6.45, 7) is 1.92. The van der Waals surface area contributed by atoms with E-state index in [1.54, 1.807) is 18.2 Å². The van der Waals surface area contributed by atoms with Crippen LogP contribution in [0.3, 0.4) is 0 Å². The third kappa shape index (κ3) is 6.69. The molecule has 1 aromatic heterocycles. The number of hydrogen-bond acceptors (Lipinski definition) is 6. The predicted molar refractivity (Wildman–Crippen MR) is 119 cm³/mol. The molecule has 0 bridgehead atoms. The number of carbonyl (C=O) groups excluding carboxylic acids is 2. The number of halogens is 3. The molecule has 2 amide bonds. The highest BCUT2D eigenvalue weighted by atomic mass is 32.2. The largest absolute Gasteiger partial charge is 0.495 e. The van der Waals surface area contributed by atoms with Crippen molar-refractivity contribution in [2.24, 2.45) is 0 Å². The van der Waals surface area contributed by atoms with E-state index >= 15 is 0 Å². The number of nitrogens with zero attached hydrogens (tertiary/aromatic N) is 2. The van der Waals surface area contributed by atoms with Gasteiger partial charge in [0.25, 0.3) is 5.91 Å². The molecule has 0 fully saturated rings. The maximum atomic E-state index is 12.9. The van der Waals surface area contributed by atoms with E-state index in [9.17, 15) is 22.8 Å². The zero-order valence-corrected chi connectivity index (χ0v) is 18.4. The number of anilines is 2. The molecular weight excluding hydrogens is 457 g/mol. The minimum Gasteiger partial charge on any atom is -0.495 e. The summed E-state index contributed by atoms with van der Waals surface area (Å²) in [7, 11) is 1.29. The van der Waals surface area contributed by atoms with Crippen molar-refractivity contribution in [3.8, 4) is 5.75 Å². The number of carbonyl (C=O) groups is 2. The lowest BCUT2D eigenvalue weighted by Gasteiger charge is -2.13. The molecule has 11 heteroatoms. The number of thioether (sulfide) groups is 1. The SMILES string of the molecule is COc1ccc(C(F)(F)F)cc1NC(=O)CSc1ccc(NC(=O)c2ccc(C)cc2)nn1. The average molecular weight is 476 g/mol. The number of alkyl halides is 3. The fourth-order valence-electron chi connectivity index (χ4n) is 2.66. The van der Waals surface area contributed by atoms with Crippen molar-refractivity contribution in [3.05, 3.63) is 71.3 Å². The molecule has 7 nitrogen and oxygen atoms in total. The van der Waals surface area contributed by atoms with Crippen LogP contribution in [0.25, 0.3) is 0 Å². The van der Waals surface area contributed by atoms with Crippen molar-refractivity contribution in [1.29, 1.82) is 0 Å². The van der Waals surface area contributed by atoms with Crippen LogP contribution >= 0.6 is 11.8 Å². The van der Waals surface area contributed by atoms with Crippen LogP contribution in [-0.4, -0.2) is 34.9 Å². The van der Waals surface area contributed by atoms with Gasteiger partial charge >= 0.3 is 6.18 Å². The summed E-state index contributed by atoms with van der Waals surface area (Å²) in [6, 6.07) is 13.0. The first-order valence-corrected chi connectivity index (χ1v) is 10.5. The zero-order valence-electron chi connectivity index (χ0n) is 17.6. The van der Waals surface area contributed by atoms with Crippen molar-refractivity contribution in [2.75, 3.05) is 23.5 Å². The van der Waals surface area contributed by atoms with Crippen molar-refractivity contribution in [1.82, 2.24) is 10.2 Å². The molecule has 0 atom stereocenters. The Morgan fingerprint density at radius 2 is 1.73 bits per heavy atom. The summed E-state index contributed by atoms with van der Waals surface area (Å²) in [5, 5.41) is 13.3. The van der Waals surface area contributed by atoms with Crippen molar-refractivity contribution < 1.29 is 27.5 Å². The first-order chi connectivity index (χ1) is 15.7. The minimum absolute atomic E-state index is 0.0850. The molecule has 0 saturated carbocycles. The topological polar surface area (TPSA) is 93.2 Å². The van der Waals surface area contributed by atoms with E-state index in [0.717, 1.165) is 35.5 Å². The van der Waals surface area contributed by atoms with E-state index in [2.05, 4.69) is 20.8 Å².